The molecule has 0 saturated carbocycles. The van der Waals surface area contributed by atoms with Crippen molar-refractivity contribution in [3.05, 3.63) is 23.0 Å². The number of rotatable bonds is 2. The number of nitrogens with two attached hydrogens (primary N) is 1. The summed E-state index contributed by atoms with van der Waals surface area (Å²) in [5.74, 6) is 0. The van der Waals surface area contributed by atoms with Crippen LogP contribution in [-0.2, 0) is 5.33 Å². The standard InChI is InChI=1S/C8H9BrF2N2/c1-4-5(2-9)3-13-7(6(4)12)8(10)11/h3,8H,2,12H2,1H3. The Kier molecular flexibility index (Phi) is 3.19. The van der Waals surface area contributed by atoms with Gasteiger partial charge in [-0.15, -0.1) is 0 Å². The van der Waals surface area contributed by atoms with Gasteiger partial charge in [-0.3, -0.25) is 4.98 Å². The molecule has 1 aromatic rings. The molecule has 1 rings (SSSR count). The van der Waals surface area contributed by atoms with E-state index in [0.29, 0.717) is 10.9 Å². The van der Waals surface area contributed by atoms with Gasteiger partial charge < -0.3 is 5.73 Å². The van der Waals surface area contributed by atoms with Gasteiger partial charge in [-0.05, 0) is 18.1 Å². The summed E-state index contributed by atoms with van der Waals surface area (Å²) in [6.45, 7) is 1.71. The molecule has 72 valence electrons. The number of halogens is 3. The Hall–Kier alpha value is -0.710. The zero-order valence-electron chi connectivity index (χ0n) is 7.02. The Labute approximate surface area is 83.3 Å². The first-order valence-corrected chi connectivity index (χ1v) is 4.78. The molecule has 0 aromatic carbocycles. The van der Waals surface area contributed by atoms with E-state index < -0.39 is 6.43 Å². The average molecular weight is 251 g/mol. The quantitative estimate of drug-likeness (QED) is 0.821. The van der Waals surface area contributed by atoms with Crippen molar-refractivity contribution >= 4 is 21.6 Å². The van der Waals surface area contributed by atoms with Crippen LogP contribution < -0.4 is 5.73 Å². The van der Waals surface area contributed by atoms with Gasteiger partial charge in [-0.2, -0.15) is 0 Å². The molecule has 0 atom stereocenters. The van der Waals surface area contributed by atoms with Gasteiger partial charge in [0.1, 0.15) is 5.69 Å². The zero-order chi connectivity index (χ0) is 10.0. The maximum Gasteiger partial charge on any atom is 0.282 e. The van der Waals surface area contributed by atoms with Crippen molar-refractivity contribution in [3.63, 3.8) is 0 Å². The van der Waals surface area contributed by atoms with Crippen LogP contribution in [0.1, 0.15) is 23.2 Å². The topological polar surface area (TPSA) is 38.9 Å². The molecule has 0 aliphatic carbocycles. The Morgan fingerprint density at radius 3 is 2.69 bits per heavy atom. The molecular formula is C8H9BrF2N2. The van der Waals surface area contributed by atoms with E-state index in [1.54, 1.807) is 6.92 Å². The van der Waals surface area contributed by atoms with E-state index in [1.807, 2.05) is 0 Å². The molecule has 1 heterocycles. The lowest BCUT2D eigenvalue weighted by Crippen LogP contribution is -2.03. The van der Waals surface area contributed by atoms with Gasteiger partial charge >= 0.3 is 0 Å². The van der Waals surface area contributed by atoms with Gasteiger partial charge in [0.05, 0.1) is 5.69 Å². The van der Waals surface area contributed by atoms with Crippen LogP contribution in [-0.4, -0.2) is 4.98 Å². The van der Waals surface area contributed by atoms with Crippen LogP contribution in [0.3, 0.4) is 0 Å². The fourth-order valence-electron chi connectivity index (χ4n) is 0.988. The lowest BCUT2D eigenvalue weighted by atomic mass is 10.1. The monoisotopic (exact) mass is 250 g/mol. The van der Waals surface area contributed by atoms with Gasteiger partial charge in [0.15, 0.2) is 0 Å². The van der Waals surface area contributed by atoms with Crippen LogP contribution in [0.5, 0.6) is 0 Å². The molecule has 0 amide bonds. The predicted molar refractivity (Wildman–Crippen MR) is 51.0 cm³/mol. The van der Waals surface area contributed by atoms with E-state index in [1.165, 1.54) is 6.20 Å². The number of nitrogens with zero attached hydrogens (tertiary/aromatic N) is 1. The normalized spacial score (nSPS) is 10.8. The summed E-state index contributed by atoms with van der Waals surface area (Å²) in [4.78, 5) is 3.60. The maximum atomic E-state index is 12.3. The zero-order valence-corrected chi connectivity index (χ0v) is 8.61. The molecule has 0 saturated heterocycles. The fraction of sp³-hybridized carbons (Fsp3) is 0.375. The van der Waals surface area contributed by atoms with E-state index in [0.717, 1.165) is 5.56 Å². The lowest BCUT2D eigenvalue weighted by Gasteiger charge is -2.09. The Morgan fingerprint density at radius 2 is 2.23 bits per heavy atom. The SMILES string of the molecule is Cc1c(CBr)cnc(C(F)F)c1N. The molecule has 0 bridgehead atoms. The van der Waals surface area contributed by atoms with Crippen molar-refractivity contribution in [2.75, 3.05) is 5.73 Å². The van der Waals surface area contributed by atoms with Crippen molar-refractivity contribution in [2.45, 2.75) is 18.7 Å². The third-order valence-electron chi connectivity index (χ3n) is 1.87. The van der Waals surface area contributed by atoms with Crippen LogP contribution in [0.15, 0.2) is 6.20 Å². The summed E-state index contributed by atoms with van der Waals surface area (Å²) < 4.78 is 24.6. The van der Waals surface area contributed by atoms with Crippen LogP contribution in [0.2, 0.25) is 0 Å². The van der Waals surface area contributed by atoms with Crippen LogP contribution in [0.4, 0.5) is 14.5 Å². The summed E-state index contributed by atoms with van der Waals surface area (Å²) in [6, 6.07) is 0. The van der Waals surface area contributed by atoms with E-state index in [2.05, 4.69) is 20.9 Å². The van der Waals surface area contributed by atoms with Crippen molar-refractivity contribution in [1.29, 1.82) is 0 Å². The van der Waals surface area contributed by atoms with E-state index in [-0.39, 0.29) is 11.4 Å². The van der Waals surface area contributed by atoms with E-state index in [4.69, 9.17) is 5.73 Å². The molecule has 0 fully saturated rings. The molecular weight excluding hydrogens is 242 g/mol. The highest BCUT2D eigenvalue weighted by Crippen LogP contribution is 2.27. The lowest BCUT2D eigenvalue weighted by molar-refractivity contribution is 0.147. The minimum absolute atomic E-state index is 0.0898. The minimum Gasteiger partial charge on any atom is -0.397 e. The summed E-state index contributed by atoms with van der Waals surface area (Å²) in [6.07, 6.45) is -1.19. The first-order valence-electron chi connectivity index (χ1n) is 3.66. The molecule has 5 heteroatoms. The van der Waals surface area contributed by atoms with Crippen LogP contribution in [0, 0.1) is 6.92 Å². The van der Waals surface area contributed by atoms with E-state index in [9.17, 15) is 8.78 Å². The van der Waals surface area contributed by atoms with Crippen molar-refractivity contribution < 1.29 is 8.78 Å². The Morgan fingerprint density at radius 1 is 1.62 bits per heavy atom. The molecule has 0 aliphatic heterocycles. The summed E-state index contributed by atoms with van der Waals surface area (Å²) in [5, 5.41) is 0.569. The van der Waals surface area contributed by atoms with Gasteiger partial charge in [-0.25, -0.2) is 8.78 Å². The van der Waals surface area contributed by atoms with Gasteiger partial charge in [0.25, 0.3) is 6.43 Å². The summed E-state index contributed by atoms with van der Waals surface area (Å²) >= 11 is 3.22. The second-order valence-corrected chi connectivity index (χ2v) is 3.20. The molecule has 0 aliphatic rings. The van der Waals surface area contributed by atoms with Gasteiger partial charge in [-0.1, -0.05) is 15.9 Å². The third-order valence-corrected chi connectivity index (χ3v) is 2.48. The van der Waals surface area contributed by atoms with E-state index >= 15 is 0 Å². The number of anilines is 1. The number of aromatic nitrogens is 1. The molecule has 0 unspecified atom stereocenters. The summed E-state index contributed by atoms with van der Waals surface area (Å²) in [7, 11) is 0. The Balaban J connectivity index is 3.23. The minimum atomic E-state index is -2.61. The van der Waals surface area contributed by atoms with Crippen molar-refractivity contribution in [1.82, 2.24) is 4.98 Å². The molecule has 1 aromatic heterocycles. The fourth-order valence-corrected chi connectivity index (χ4v) is 1.55. The first-order chi connectivity index (χ1) is 6.07. The number of hydrogen-bond donors (Lipinski definition) is 1. The largest absolute Gasteiger partial charge is 0.397 e. The third kappa shape index (κ3) is 1.96. The molecule has 0 spiro atoms. The average Bonchev–Trinajstić information content (AvgIpc) is 2.09. The van der Waals surface area contributed by atoms with Gasteiger partial charge in [0.2, 0.25) is 0 Å². The highest BCUT2D eigenvalue weighted by Gasteiger charge is 2.15. The Bertz CT molecular complexity index is 315. The number of alkyl halides is 3. The molecule has 13 heavy (non-hydrogen) atoms. The highest BCUT2D eigenvalue weighted by atomic mass is 79.9. The number of nitrogen functional groups attached to an aromatic ring is 1. The molecule has 2 N–H and O–H groups in total. The molecule has 2 nitrogen and oxygen atoms in total. The summed E-state index contributed by atoms with van der Waals surface area (Å²) in [5.41, 5.74) is 6.76. The maximum absolute atomic E-state index is 12.3. The molecule has 0 radical (unpaired) electrons. The van der Waals surface area contributed by atoms with Crippen LogP contribution >= 0.6 is 15.9 Å². The predicted octanol–water partition coefficient (Wildman–Crippen LogP) is 2.80. The van der Waals surface area contributed by atoms with Crippen LogP contribution in [0.25, 0.3) is 0 Å². The van der Waals surface area contributed by atoms with Crippen molar-refractivity contribution in [3.8, 4) is 0 Å². The number of hydrogen-bond acceptors (Lipinski definition) is 2. The second kappa shape index (κ2) is 4.00. The highest BCUT2D eigenvalue weighted by molar-refractivity contribution is 9.08. The number of pyridine rings is 1. The van der Waals surface area contributed by atoms with Gasteiger partial charge in [0, 0.05) is 11.5 Å². The first kappa shape index (κ1) is 10.4. The second-order valence-electron chi connectivity index (χ2n) is 2.64. The smallest absolute Gasteiger partial charge is 0.282 e. The van der Waals surface area contributed by atoms with Crippen molar-refractivity contribution in [2.24, 2.45) is 0 Å².